The van der Waals surface area contributed by atoms with Crippen LogP contribution >= 0.6 is 0 Å². The molecule has 13 heteroatoms. The normalized spacial score (nSPS) is 27.7. The number of nitrogens with zero attached hydrogens (tertiary/aromatic N) is 5. The third-order valence-corrected chi connectivity index (χ3v) is 12.0. The molecule has 4 fully saturated rings. The van der Waals surface area contributed by atoms with Crippen LogP contribution in [0.1, 0.15) is 71.3 Å². The zero-order chi connectivity index (χ0) is 37.1. The monoisotopic (exact) mass is 730 g/mol. The number of aliphatic hydroxyl groups is 1. The first-order valence-corrected chi connectivity index (χ1v) is 19.0. The molecular formula is C40H48F2N6O5. The van der Waals surface area contributed by atoms with Crippen LogP contribution in [-0.2, 0) is 16.0 Å². The molecule has 3 atom stereocenters. The van der Waals surface area contributed by atoms with E-state index in [4.69, 9.17) is 19.4 Å². The number of hydrogen-bond donors (Lipinski definition) is 3. The van der Waals surface area contributed by atoms with Crippen LogP contribution in [0, 0.1) is 17.0 Å². The van der Waals surface area contributed by atoms with Gasteiger partial charge in [-0.1, -0.05) is 19.4 Å². The average molecular weight is 731 g/mol. The summed E-state index contributed by atoms with van der Waals surface area (Å²) >= 11 is 0. The van der Waals surface area contributed by atoms with E-state index in [0.29, 0.717) is 65.8 Å². The smallest absolute Gasteiger partial charge is 0.319 e. The maximum Gasteiger partial charge on any atom is 0.319 e. The maximum atomic E-state index is 17.1. The van der Waals surface area contributed by atoms with E-state index in [1.165, 1.54) is 24.4 Å². The Morgan fingerprint density at radius 2 is 1.96 bits per heavy atom. The van der Waals surface area contributed by atoms with Crippen LogP contribution < -0.4 is 15.0 Å². The van der Waals surface area contributed by atoms with E-state index in [1.807, 2.05) is 11.8 Å². The number of halogens is 2. The topological polar surface area (TPSA) is 133 Å². The van der Waals surface area contributed by atoms with Gasteiger partial charge in [-0.2, -0.15) is 9.97 Å². The van der Waals surface area contributed by atoms with Gasteiger partial charge in [0, 0.05) is 48.8 Å². The number of carbonyl (C=O) groups is 1. The fourth-order valence-electron chi connectivity index (χ4n) is 9.58. The zero-order valence-corrected chi connectivity index (χ0v) is 30.6. The Bertz CT molecular complexity index is 2060. The highest BCUT2D eigenvalue weighted by Crippen LogP contribution is 2.50. The van der Waals surface area contributed by atoms with Crippen molar-refractivity contribution in [2.45, 2.75) is 95.9 Å². The second-order valence-electron chi connectivity index (χ2n) is 15.9. The maximum absolute atomic E-state index is 17.1. The van der Waals surface area contributed by atoms with Crippen molar-refractivity contribution in [3.63, 3.8) is 0 Å². The highest BCUT2D eigenvalue weighted by atomic mass is 19.1. The van der Waals surface area contributed by atoms with E-state index in [-0.39, 0.29) is 59.0 Å². The fourth-order valence-corrected chi connectivity index (χ4v) is 9.58. The van der Waals surface area contributed by atoms with Gasteiger partial charge in [0.1, 0.15) is 34.2 Å². The van der Waals surface area contributed by atoms with Crippen molar-refractivity contribution in [3.05, 3.63) is 47.7 Å². The molecule has 0 radical (unpaired) electrons. The zero-order valence-electron chi connectivity index (χ0n) is 30.6. The van der Waals surface area contributed by atoms with Gasteiger partial charge in [-0.05, 0) is 92.9 Å². The molecule has 0 bridgehead atoms. The first-order valence-electron chi connectivity index (χ1n) is 19.0. The lowest BCUT2D eigenvalue weighted by molar-refractivity contribution is -0.121. The Morgan fingerprint density at radius 3 is 2.75 bits per heavy atom. The molecule has 2 aliphatic heterocycles. The molecule has 2 aliphatic carbocycles. The number of hydrogen-bond acceptors (Lipinski definition) is 10. The summed E-state index contributed by atoms with van der Waals surface area (Å²) in [4.78, 5) is 30.2. The molecular weight excluding hydrogens is 682 g/mol. The number of piperidine rings is 1. The van der Waals surface area contributed by atoms with Crippen molar-refractivity contribution in [2.24, 2.45) is 5.41 Å². The number of aryl methyl sites for hydroxylation is 1. The summed E-state index contributed by atoms with van der Waals surface area (Å²) in [6, 6.07) is 6.87. The van der Waals surface area contributed by atoms with Crippen LogP contribution in [0.4, 0.5) is 14.6 Å². The highest BCUT2D eigenvalue weighted by molar-refractivity contribution is 6.01. The fraction of sp³-hybridized carbons (Fsp3) is 0.550. The summed E-state index contributed by atoms with van der Waals surface area (Å²) < 4.78 is 44.5. The SMILES string of the molecule is CCc1c(F)ccc2cc(O)cc(-c3ncc4c(N5CCOCC(C)(O)C5)nc(OCC56CCCC5N(C5CC(NC(C)=O)C5)CCC6)nc4c3F)c12. The third kappa shape index (κ3) is 6.65. The van der Waals surface area contributed by atoms with Crippen LogP contribution in [0.15, 0.2) is 30.5 Å². The van der Waals surface area contributed by atoms with Crippen molar-refractivity contribution in [1.82, 2.24) is 25.2 Å². The van der Waals surface area contributed by atoms with Crippen molar-refractivity contribution in [2.75, 3.05) is 44.4 Å². The van der Waals surface area contributed by atoms with Crippen LogP contribution in [0.25, 0.3) is 32.9 Å². The van der Waals surface area contributed by atoms with Crippen LogP contribution in [0.3, 0.4) is 0 Å². The average Bonchev–Trinajstić information content (AvgIpc) is 3.46. The molecule has 2 aromatic heterocycles. The quantitative estimate of drug-likeness (QED) is 0.209. The summed E-state index contributed by atoms with van der Waals surface area (Å²) in [7, 11) is 0. The molecule has 2 saturated heterocycles. The second-order valence-corrected chi connectivity index (χ2v) is 15.9. The second kappa shape index (κ2) is 13.9. The number of anilines is 1. The first kappa shape index (κ1) is 35.8. The lowest BCUT2D eigenvalue weighted by atomic mass is 9.73. The third-order valence-electron chi connectivity index (χ3n) is 12.0. The summed E-state index contributed by atoms with van der Waals surface area (Å²) in [6.45, 7) is 7.52. The summed E-state index contributed by atoms with van der Waals surface area (Å²) in [5.41, 5.74) is -0.734. The number of β-amino-alcohol motifs (C(OH)–C–C–N with tert-alkyl or cyclic N) is 1. The Kier molecular flexibility index (Phi) is 9.39. The minimum absolute atomic E-state index is 0.0102. The molecule has 282 valence electrons. The molecule has 2 aromatic carbocycles. The lowest BCUT2D eigenvalue weighted by Gasteiger charge is -2.53. The molecule has 8 rings (SSSR count). The number of benzene rings is 2. The molecule has 2 saturated carbocycles. The standard InChI is InChI=1S/C40H48F2N6O5/c1-4-28-31(41)9-8-24-15-27(50)18-29(33(24)28)35-34(42)36-30(19-43-35)37(47-13-14-52-21-39(3,51)20-47)46-38(45-36)53-22-40-10-5-7-32(40)48(12-6-11-40)26-16-25(17-26)44-23(2)49/h8-9,15,18-19,25-26,32,50-51H,4-7,10-14,16-17,20-22H2,1-3H3,(H,44,49). The minimum atomic E-state index is -1.19. The summed E-state index contributed by atoms with van der Waals surface area (Å²) in [5.74, 6) is -0.873. The van der Waals surface area contributed by atoms with Gasteiger partial charge in [-0.25, -0.2) is 8.78 Å². The van der Waals surface area contributed by atoms with E-state index in [1.54, 1.807) is 19.9 Å². The molecule has 53 heavy (non-hydrogen) atoms. The van der Waals surface area contributed by atoms with Crippen molar-refractivity contribution in [1.29, 1.82) is 0 Å². The number of rotatable bonds is 8. The largest absolute Gasteiger partial charge is 0.508 e. The van der Waals surface area contributed by atoms with Gasteiger partial charge in [-0.15, -0.1) is 0 Å². The van der Waals surface area contributed by atoms with Crippen LogP contribution in [-0.4, -0.2) is 99.2 Å². The number of aromatic hydroxyl groups is 1. The molecule has 1 amide bonds. The Labute approximate surface area is 307 Å². The number of pyridine rings is 1. The molecule has 4 aliphatic rings. The van der Waals surface area contributed by atoms with Crippen LogP contribution in [0.5, 0.6) is 11.8 Å². The molecule has 0 spiro atoms. The Balaban J connectivity index is 1.18. The number of phenolic OH excluding ortho intramolecular Hbond substituents is 1. The van der Waals surface area contributed by atoms with Gasteiger partial charge in [-0.3, -0.25) is 14.7 Å². The molecule has 4 heterocycles. The lowest BCUT2D eigenvalue weighted by Crippen LogP contribution is -2.61. The number of aromatic nitrogens is 3. The van der Waals surface area contributed by atoms with Gasteiger partial charge in [0.05, 0.1) is 31.8 Å². The van der Waals surface area contributed by atoms with Gasteiger partial charge in [0.15, 0.2) is 5.82 Å². The number of fused-ring (bicyclic) bond motifs is 3. The number of nitrogens with one attached hydrogen (secondary N) is 1. The van der Waals surface area contributed by atoms with Gasteiger partial charge >= 0.3 is 6.01 Å². The van der Waals surface area contributed by atoms with Gasteiger partial charge in [0.25, 0.3) is 0 Å². The number of amides is 1. The van der Waals surface area contributed by atoms with Gasteiger partial charge < -0.3 is 29.9 Å². The first-order chi connectivity index (χ1) is 25.4. The van der Waals surface area contributed by atoms with E-state index < -0.39 is 17.2 Å². The molecule has 3 unspecified atom stereocenters. The van der Waals surface area contributed by atoms with Crippen LogP contribution in [0.2, 0.25) is 0 Å². The van der Waals surface area contributed by atoms with Crippen molar-refractivity contribution in [3.8, 4) is 23.0 Å². The Morgan fingerprint density at radius 1 is 1.15 bits per heavy atom. The number of likely N-dealkylation sites (tertiary alicyclic amines) is 1. The number of ether oxygens (including phenoxy) is 2. The van der Waals surface area contributed by atoms with E-state index in [0.717, 1.165) is 51.5 Å². The van der Waals surface area contributed by atoms with E-state index in [2.05, 4.69) is 15.2 Å². The molecule has 4 aromatic rings. The van der Waals surface area contributed by atoms with Gasteiger partial charge in [0.2, 0.25) is 5.91 Å². The summed E-state index contributed by atoms with van der Waals surface area (Å²) in [6.07, 6.45) is 8.96. The Hall–Kier alpha value is -4.20. The number of phenols is 1. The van der Waals surface area contributed by atoms with E-state index in [9.17, 15) is 15.0 Å². The molecule has 3 N–H and O–H groups in total. The van der Waals surface area contributed by atoms with E-state index >= 15 is 8.78 Å². The number of carbonyl (C=O) groups excluding carboxylic acids is 1. The minimum Gasteiger partial charge on any atom is -0.508 e. The predicted molar refractivity (Wildman–Crippen MR) is 197 cm³/mol. The summed E-state index contributed by atoms with van der Waals surface area (Å²) in [5, 5.41) is 26.2. The molecule has 11 nitrogen and oxygen atoms in total. The van der Waals surface area contributed by atoms with Crippen molar-refractivity contribution >= 4 is 33.4 Å². The highest BCUT2D eigenvalue weighted by Gasteiger charge is 2.52. The van der Waals surface area contributed by atoms with Crippen molar-refractivity contribution < 1.29 is 33.3 Å². The predicted octanol–water partition coefficient (Wildman–Crippen LogP) is 5.66.